The van der Waals surface area contributed by atoms with Gasteiger partial charge in [0.05, 0.1) is 7.11 Å². The lowest BCUT2D eigenvalue weighted by atomic mass is 10.0. The van der Waals surface area contributed by atoms with E-state index in [1.165, 1.54) is 0 Å². The molecule has 1 unspecified atom stereocenters. The summed E-state index contributed by atoms with van der Waals surface area (Å²) < 4.78 is 5.33. The van der Waals surface area contributed by atoms with Gasteiger partial charge in [-0.05, 0) is 32.1 Å². The molecule has 0 aliphatic carbocycles. The summed E-state index contributed by atoms with van der Waals surface area (Å²) in [5.41, 5.74) is 7.32. The van der Waals surface area contributed by atoms with Gasteiger partial charge in [-0.25, -0.2) is 0 Å². The second kappa shape index (κ2) is 7.30. The van der Waals surface area contributed by atoms with Crippen molar-refractivity contribution in [3.63, 3.8) is 0 Å². The van der Waals surface area contributed by atoms with Crippen LogP contribution in [0.4, 0.5) is 0 Å². The van der Waals surface area contributed by atoms with Gasteiger partial charge < -0.3 is 15.4 Å². The van der Waals surface area contributed by atoms with Crippen molar-refractivity contribution in [2.24, 2.45) is 5.73 Å². The molecule has 2 N–H and O–H groups in total. The van der Waals surface area contributed by atoms with Crippen LogP contribution in [-0.4, -0.2) is 31.6 Å². The lowest BCUT2D eigenvalue weighted by Gasteiger charge is -2.21. The maximum Gasteiger partial charge on any atom is 0.123 e. The van der Waals surface area contributed by atoms with E-state index in [9.17, 15) is 0 Å². The molecule has 0 spiro atoms. The zero-order valence-electron chi connectivity index (χ0n) is 11.1. The number of hydrogen-bond acceptors (Lipinski definition) is 3. The minimum atomic E-state index is 0.0479. The number of methoxy groups -OCH3 is 1. The Balaban J connectivity index is 2.60. The van der Waals surface area contributed by atoms with Gasteiger partial charge >= 0.3 is 0 Å². The van der Waals surface area contributed by atoms with E-state index in [-0.39, 0.29) is 6.04 Å². The van der Waals surface area contributed by atoms with Crippen molar-refractivity contribution in [3.05, 3.63) is 29.8 Å². The fourth-order valence-corrected chi connectivity index (χ4v) is 1.99. The van der Waals surface area contributed by atoms with Crippen LogP contribution in [0.1, 0.15) is 31.9 Å². The Labute approximate surface area is 105 Å². The highest BCUT2D eigenvalue weighted by Gasteiger charge is 2.12. The predicted molar refractivity (Wildman–Crippen MR) is 72.3 cm³/mol. The summed E-state index contributed by atoms with van der Waals surface area (Å²) in [6, 6.07) is 8.04. The third-order valence-corrected chi connectivity index (χ3v) is 3.19. The minimum Gasteiger partial charge on any atom is -0.496 e. The van der Waals surface area contributed by atoms with Crippen LogP contribution >= 0.6 is 0 Å². The first-order valence-electron chi connectivity index (χ1n) is 6.33. The van der Waals surface area contributed by atoms with E-state index in [2.05, 4.69) is 18.7 Å². The van der Waals surface area contributed by atoms with E-state index in [0.717, 1.165) is 37.4 Å². The van der Waals surface area contributed by atoms with Crippen molar-refractivity contribution in [1.82, 2.24) is 4.90 Å². The van der Waals surface area contributed by atoms with Gasteiger partial charge in [-0.2, -0.15) is 0 Å². The van der Waals surface area contributed by atoms with Crippen LogP contribution < -0.4 is 10.5 Å². The van der Waals surface area contributed by atoms with Gasteiger partial charge in [0.1, 0.15) is 5.75 Å². The third kappa shape index (κ3) is 4.02. The Kier molecular flexibility index (Phi) is 6.01. The average molecular weight is 236 g/mol. The highest BCUT2D eigenvalue weighted by molar-refractivity contribution is 5.35. The molecule has 0 aliphatic heterocycles. The third-order valence-electron chi connectivity index (χ3n) is 3.19. The lowest BCUT2D eigenvalue weighted by Crippen LogP contribution is -2.27. The number of ether oxygens (including phenoxy) is 1. The summed E-state index contributed by atoms with van der Waals surface area (Å²) in [6.07, 6.45) is 0.960. The molecule has 0 fully saturated rings. The Morgan fingerprint density at radius 2 is 1.88 bits per heavy atom. The van der Waals surface area contributed by atoms with E-state index in [1.54, 1.807) is 7.11 Å². The highest BCUT2D eigenvalue weighted by atomic mass is 16.5. The van der Waals surface area contributed by atoms with E-state index >= 15 is 0 Å². The Morgan fingerprint density at radius 1 is 1.24 bits per heavy atom. The second-order valence-electron chi connectivity index (χ2n) is 4.16. The number of rotatable bonds is 7. The molecule has 0 aliphatic rings. The minimum absolute atomic E-state index is 0.0479. The Morgan fingerprint density at radius 3 is 2.47 bits per heavy atom. The number of hydrogen-bond donors (Lipinski definition) is 1. The van der Waals surface area contributed by atoms with Crippen LogP contribution in [0.5, 0.6) is 5.75 Å². The van der Waals surface area contributed by atoms with Gasteiger partial charge in [0.15, 0.2) is 0 Å². The zero-order chi connectivity index (χ0) is 12.7. The average Bonchev–Trinajstić information content (AvgIpc) is 2.39. The van der Waals surface area contributed by atoms with E-state index in [4.69, 9.17) is 10.5 Å². The molecule has 96 valence electrons. The smallest absolute Gasteiger partial charge is 0.123 e. The van der Waals surface area contributed by atoms with Gasteiger partial charge in [-0.1, -0.05) is 32.0 Å². The van der Waals surface area contributed by atoms with Crippen LogP contribution in [0.15, 0.2) is 24.3 Å². The number of para-hydroxylation sites is 1. The summed E-state index contributed by atoms with van der Waals surface area (Å²) in [5.74, 6) is 0.888. The van der Waals surface area contributed by atoms with Crippen LogP contribution in [0, 0.1) is 0 Å². The van der Waals surface area contributed by atoms with Crippen molar-refractivity contribution in [2.75, 3.05) is 26.7 Å². The molecule has 0 saturated heterocycles. The monoisotopic (exact) mass is 236 g/mol. The molecule has 1 aromatic rings. The first kappa shape index (κ1) is 14.0. The number of benzene rings is 1. The van der Waals surface area contributed by atoms with E-state index in [0.29, 0.717) is 0 Å². The summed E-state index contributed by atoms with van der Waals surface area (Å²) >= 11 is 0. The Bertz CT molecular complexity index is 324. The highest BCUT2D eigenvalue weighted by Crippen LogP contribution is 2.25. The van der Waals surface area contributed by atoms with Crippen molar-refractivity contribution < 1.29 is 4.74 Å². The van der Waals surface area contributed by atoms with E-state index in [1.807, 2.05) is 24.3 Å². The molecule has 17 heavy (non-hydrogen) atoms. The molecule has 3 nitrogen and oxygen atoms in total. The molecule has 1 atom stereocenters. The topological polar surface area (TPSA) is 38.5 Å². The number of nitrogens with zero attached hydrogens (tertiary/aromatic N) is 1. The SMILES string of the molecule is CCN(CC)CCC(N)c1ccccc1OC. The predicted octanol–water partition coefficient (Wildman–Crippen LogP) is 2.43. The van der Waals surface area contributed by atoms with Crippen LogP contribution in [0.25, 0.3) is 0 Å². The molecule has 0 radical (unpaired) electrons. The molecule has 0 heterocycles. The lowest BCUT2D eigenvalue weighted by molar-refractivity contribution is 0.289. The maximum absolute atomic E-state index is 6.22. The molecule has 0 amide bonds. The van der Waals surface area contributed by atoms with Crippen molar-refractivity contribution in [1.29, 1.82) is 0 Å². The molecule has 3 heteroatoms. The quantitative estimate of drug-likeness (QED) is 0.790. The summed E-state index contributed by atoms with van der Waals surface area (Å²) in [4.78, 5) is 2.38. The van der Waals surface area contributed by atoms with Crippen LogP contribution in [0.2, 0.25) is 0 Å². The molecular weight excluding hydrogens is 212 g/mol. The number of nitrogens with two attached hydrogens (primary N) is 1. The first-order chi connectivity index (χ1) is 8.22. The summed E-state index contributed by atoms with van der Waals surface area (Å²) in [5, 5.41) is 0. The molecule has 1 aromatic carbocycles. The fourth-order valence-electron chi connectivity index (χ4n) is 1.99. The standard InChI is InChI=1S/C14H24N2O/c1-4-16(5-2)11-10-13(15)12-8-6-7-9-14(12)17-3/h6-9,13H,4-5,10-11,15H2,1-3H3. The van der Waals surface area contributed by atoms with Gasteiger partial charge in [0.2, 0.25) is 0 Å². The molecular formula is C14H24N2O. The largest absolute Gasteiger partial charge is 0.496 e. The van der Waals surface area contributed by atoms with Gasteiger partial charge in [0.25, 0.3) is 0 Å². The maximum atomic E-state index is 6.22. The fraction of sp³-hybridized carbons (Fsp3) is 0.571. The van der Waals surface area contributed by atoms with Crippen molar-refractivity contribution >= 4 is 0 Å². The van der Waals surface area contributed by atoms with Gasteiger partial charge in [0, 0.05) is 11.6 Å². The van der Waals surface area contributed by atoms with Gasteiger partial charge in [-0.15, -0.1) is 0 Å². The van der Waals surface area contributed by atoms with Crippen LogP contribution in [0.3, 0.4) is 0 Å². The van der Waals surface area contributed by atoms with Gasteiger partial charge in [-0.3, -0.25) is 0 Å². The Hall–Kier alpha value is -1.06. The van der Waals surface area contributed by atoms with Crippen molar-refractivity contribution in [2.45, 2.75) is 26.3 Å². The van der Waals surface area contributed by atoms with Crippen LogP contribution in [-0.2, 0) is 0 Å². The first-order valence-corrected chi connectivity index (χ1v) is 6.33. The summed E-state index contributed by atoms with van der Waals surface area (Å²) in [6.45, 7) is 7.55. The zero-order valence-corrected chi connectivity index (χ0v) is 11.1. The molecule has 0 bridgehead atoms. The molecule has 0 aromatic heterocycles. The summed E-state index contributed by atoms with van der Waals surface area (Å²) in [7, 11) is 1.69. The molecule has 0 saturated carbocycles. The van der Waals surface area contributed by atoms with Crippen molar-refractivity contribution in [3.8, 4) is 5.75 Å². The van der Waals surface area contributed by atoms with E-state index < -0.39 is 0 Å². The second-order valence-corrected chi connectivity index (χ2v) is 4.16. The molecule has 1 rings (SSSR count). The normalized spacial score (nSPS) is 12.8.